The van der Waals surface area contributed by atoms with E-state index < -0.39 is 0 Å². The average molecular weight is 299 g/mol. The number of carbonyl (C=O) groups is 1. The molecule has 116 valence electrons. The molecule has 22 heavy (non-hydrogen) atoms. The molecule has 2 N–H and O–H groups in total. The molecule has 0 bridgehead atoms. The fourth-order valence-corrected chi connectivity index (χ4v) is 2.11. The van der Waals surface area contributed by atoms with Crippen LogP contribution < -0.4 is 10.6 Å². The van der Waals surface area contributed by atoms with Crippen LogP contribution in [0.1, 0.15) is 17.2 Å². The number of nitrogens with one attached hydrogen (secondary N) is 2. The molecule has 1 aromatic heterocycles. The van der Waals surface area contributed by atoms with Crippen LogP contribution in [-0.2, 0) is 0 Å². The van der Waals surface area contributed by atoms with Gasteiger partial charge in [-0.05, 0) is 38.7 Å². The number of aryl methyl sites for hydroxylation is 1. The van der Waals surface area contributed by atoms with Crippen LogP contribution in [0.4, 0.5) is 10.6 Å². The molecule has 0 saturated carbocycles. The lowest BCUT2D eigenvalue weighted by Crippen LogP contribution is -2.37. The van der Waals surface area contributed by atoms with Gasteiger partial charge in [-0.15, -0.1) is 5.10 Å². The Morgan fingerprint density at radius 1 is 1.23 bits per heavy atom. The van der Waals surface area contributed by atoms with Gasteiger partial charge in [0.25, 0.3) is 0 Å². The van der Waals surface area contributed by atoms with Crippen molar-refractivity contribution in [2.24, 2.45) is 0 Å². The van der Waals surface area contributed by atoms with Crippen molar-refractivity contribution in [3.8, 4) is 0 Å². The van der Waals surface area contributed by atoms with Gasteiger partial charge < -0.3 is 10.2 Å². The summed E-state index contributed by atoms with van der Waals surface area (Å²) < 4.78 is 0. The van der Waals surface area contributed by atoms with Crippen molar-refractivity contribution in [3.05, 3.63) is 53.7 Å². The highest BCUT2D eigenvalue weighted by Gasteiger charge is 2.15. The van der Waals surface area contributed by atoms with E-state index in [0.717, 1.165) is 5.56 Å². The number of rotatable bonds is 5. The molecule has 2 aromatic rings. The second-order valence-corrected chi connectivity index (χ2v) is 5.33. The Hall–Kier alpha value is -2.47. The number of aromatic nitrogens is 2. The molecule has 0 unspecified atom stereocenters. The fourth-order valence-electron chi connectivity index (χ4n) is 2.11. The highest BCUT2D eigenvalue weighted by atomic mass is 16.2. The summed E-state index contributed by atoms with van der Waals surface area (Å²) >= 11 is 0. The Balaban J connectivity index is 1.94. The third-order valence-corrected chi connectivity index (χ3v) is 3.36. The van der Waals surface area contributed by atoms with Crippen LogP contribution in [-0.4, -0.2) is 41.8 Å². The van der Waals surface area contributed by atoms with Crippen molar-refractivity contribution in [1.29, 1.82) is 0 Å². The molecule has 1 heterocycles. The molecule has 2 amide bonds. The molecule has 0 saturated heterocycles. The van der Waals surface area contributed by atoms with Crippen molar-refractivity contribution in [2.45, 2.75) is 13.0 Å². The molecule has 0 aliphatic carbocycles. The zero-order valence-electron chi connectivity index (χ0n) is 13.1. The van der Waals surface area contributed by atoms with E-state index in [1.54, 1.807) is 18.3 Å². The molecule has 1 atom stereocenters. The molecule has 0 fully saturated rings. The molecular formula is C16H21N5O. The summed E-state index contributed by atoms with van der Waals surface area (Å²) in [6.07, 6.45) is 1.56. The van der Waals surface area contributed by atoms with Crippen molar-refractivity contribution in [1.82, 2.24) is 20.4 Å². The Labute approximate surface area is 130 Å². The van der Waals surface area contributed by atoms with Crippen molar-refractivity contribution < 1.29 is 4.79 Å². The predicted octanol–water partition coefficient (Wildman–Crippen LogP) is 2.21. The zero-order valence-corrected chi connectivity index (χ0v) is 13.1. The van der Waals surface area contributed by atoms with Crippen molar-refractivity contribution in [2.75, 3.05) is 26.0 Å². The van der Waals surface area contributed by atoms with Crippen LogP contribution >= 0.6 is 0 Å². The van der Waals surface area contributed by atoms with Crippen LogP contribution in [0.25, 0.3) is 0 Å². The largest absolute Gasteiger partial charge is 0.336 e. The molecule has 2 rings (SSSR count). The van der Waals surface area contributed by atoms with Gasteiger partial charge in [0.15, 0.2) is 5.82 Å². The number of amides is 2. The number of urea groups is 1. The van der Waals surface area contributed by atoms with Gasteiger partial charge in [-0.2, -0.15) is 5.10 Å². The Kier molecular flexibility index (Phi) is 5.43. The second-order valence-electron chi connectivity index (χ2n) is 5.33. The number of hydrogen-bond donors (Lipinski definition) is 2. The van der Waals surface area contributed by atoms with Gasteiger partial charge in [-0.25, -0.2) is 4.79 Å². The third kappa shape index (κ3) is 4.53. The van der Waals surface area contributed by atoms with Crippen LogP contribution in [0.15, 0.2) is 42.6 Å². The lowest BCUT2D eigenvalue weighted by molar-refractivity contribution is 0.243. The quantitative estimate of drug-likeness (QED) is 0.888. The lowest BCUT2D eigenvalue weighted by atomic mass is 10.0. The number of carbonyl (C=O) groups excluding carboxylic acids is 1. The standard InChI is InChI=1S/C16H21N5O/c1-12-6-8-13(9-7-12)14(21(2)3)11-17-16(22)19-15-5-4-10-18-20-15/h4-10,14H,11H2,1-3H3,(H2,17,19,20,22)/t14-/m0/s1. The van der Waals surface area contributed by atoms with Gasteiger partial charge in [0.1, 0.15) is 0 Å². The normalized spacial score (nSPS) is 12.0. The fraction of sp³-hybridized carbons (Fsp3) is 0.312. The van der Waals surface area contributed by atoms with Gasteiger partial charge in [0.2, 0.25) is 0 Å². The van der Waals surface area contributed by atoms with E-state index in [-0.39, 0.29) is 12.1 Å². The summed E-state index contributed by atoms with van der Waals surface area (Å²) in [5.74, 6) is 0.428. The molecular weight excluding hydrogens is 278 g/mol. The van der Waals surface area contributed by atoms with E-state index in [0.29, 0.717) is 12.4 Å². The predicted molar refractivity (Wildman–Crippen MR) is 86.7 cm³/mol. The highest BCUT2D eigenvalue weighted by Crippen LogP contribution is 2.17. The Morgan fingerprint density at radius 2 is 1.95 bits per heavy atom. The highest BCUT2D eigenvalue weighted by molar-refractivity contribution is 5.88. The second kappa shape index (κ2) is 7.51. The average Bonchev–Trinajstić information content (AvgIpc) is 2.50. The first-order chi connectivity index (χ1) is 10.6. The number of anilines is 1. The molecule has 6 heteroatoms. The van der Waals surface area contributed by atoms with E-state index in [9.17, 15) is 4.79 Å². The van der Waals surface area contributed by atoms with Crippen LogP contribution in [0, 0.1) is 6.92 Å². The SMILES string of the molecule is Cc1ccc([C@H](CNC(=O)Nc2cccnn2)N(C)C)cc1. The first-order valence-corrected chi connectivity index (χ1v) is 7.12. The van der Waals surface area contributed by atoms with E-state index in [1.165, 1.54) is 5.56 Å². The molecule has 0 aliphatic heterocycles. The minimum absolute atomic E-state index is 0.105. The first-order valence-electron chi connectivity index (χ1n) is 7.12. The van der Waals surface area contributed by atoms with Crippen molar-refractivity contribution >= 4 is 11.8 Å². The first kappa shape index (κ1) is 15.9. The number of nitrogens with zero attached hydrogens (tertiary/aromatic N) is 3. The Bertz CT molecular complexity index is 598. The molecule has 0 radical (unpaired) electrons. The molecule has 6 nitrogen and oxygen atoms in total. The third-order valence-electron chi connectivity index (χ3n) is 3.36. The minimum atomic E-state index is -0.292. The van der Waals surface area contributed by atoms with Gasteiger partial charge in [0, 0.05) is 12.7 Å². The number of likely N-dealkylation sites (N-methyl/N-ethyl adjacent to an activating group) is 1. The number of benzene rings is 1. The topological polar surface area (TPSA) is 70.1 Å². The summed E-state index contributed by atoms with van der Waals surface area (Å²) in [4.78, 5) is 14.0. The van der Waals surface area contributed by atoms with Crippen molar-refractivity contribution in [3.63, 3.8) is 0 Å². The van der Waals surface area contributed by atoms with Gasteiger partial charge >= 0.3 is 6.03 Å². The van der Waals surface area contributed by atoms with Crippen LogP contribution in [0.2, 0.25) is 0 Å². The maximum atomic E-state index is 11.9. The summed E-state index contributed by atoms with van der Waals surface area (Å²) in [7, 11) is 3.99. The maximum absolute atomic E-state index is 11.9. The summed E-state index contributed by atoms with van der Waals surface area (Å²) in [5, 5.41) is 13.1. The van der Waals surface area contributed by atoms with Gasteiger partial charge in [0.05, 0.1) is 6.04 Å². The summed E-state index contributed by atoms with van der Waals surface area (Å²) in [6, 6.07) is 11.5. The molecule has 1 aromatic carbocycles. The smallest absolute Gasteiger partial charge is 0.320 e. The zero-order chi connectivity index (χ0) is 15.9. The van der Waals surface area contributed by atoms with Gasteiger partial charge in [-0.3, -0.25) is 5.32 Å². The van der Waals surface area contributed by atoms with Crippen LogP contribution in [0.5, 0.6) is 0 Å². The van der Waals surface area contributed by atoms with Crippen LogP contribution in [0.3, 0.4) is 0 Å². The minimum Gasteiger partial charge on any atom is -0.336 e. The molecule has 0 aliphatic rings. The Morgan fingerprint density at radius 3 is 2.55 bits per heavy atom. The lowest BCUT2D eigenvalue weighted by Gasteiger charge is -2.25. The van der Waals surface area contributed by atoms with Gasteiger partial charge in [-0.1, -0.05) is 29.8 Å². The monoisotopic (exact) mass is 299 g/mol. The summed E-state index contributed by atoms with van der Waals surface area (Å²) in [6.45, 7) is 2.56. The van der Waals surface area contributed by atoms with E-state index in [1.807, 2.05) is 14.1 Å². The van der Waals surface area contributed by atoms with E-state index >= 15 is 0 Å². The molecule has 0 spiro atoms. The van der Waals surface area contributed by atoms with E-state index in [4.69, 9.17) is 0 Å². The number of hydrogen-bond acceptors (Lipinski definition) is 4. The maximum Gasteiger partial charge on any atom is 0.320 e. The van der Waals surface area contributed by atoms with E-state index in [2.05, 4.69) is 56.9 Å². The summed E-state index contributed by atoms with van der Waals surface area (Å²) in [5.41, 5.74) is 2.38.